The zero-order valence-corrected chi connectivity index (χ0v) is 15.1. The van der Waals surface area contributed by atoms with Gasteiger partial charge in [0, 0.05) is 37.6 Å². The first-order valence-corrected chi connectivity index (χ1v) is 9.23. The summed E-state index contributed by atoms with van der Waals surface area (Å²) in [7, 11) is 0. The van der Waals surface area contributed by atoms with Crippen LogP contribution in [0.4, 0.5) is 0 Å². The molecule has 0 bridgehead atoms. The predicted octanol–water partition coefficient (Wildman–Crippen LogP) is 2.71. The number of fused-ring (bicyclic) bond motifs is 2. The third-order valence-corrected chi connectivity index (χ3v) is 5.32. The van der Waals surface area contributed by atoms with E-state index in [1.54, 1.807) is 0 Å². The first kappa shape index (κ1) is 16.0. The molecule has 0 aliphatic carbocycles. The van der Waals surface area contributed by atoms with Crippen molar-refractivity contribution < 1.29 is 4.79 Å². The molecule has 0 aromatic carbocycles. The maximum Gasteiger partial charge on any atom is 0.274 e. The maximum absolute atomic E-state index is 12.9. The number of hydrogen-bond donors (Lipinski definition) is 0. The Morgan fingerprint density at radius 3 is 2.78 bits per heavy atom. The van der Waals surface area contributed by atoms with E-state index in [-0.39, 0.29) is 5.91 Å². The molecule has 1 amide bonds. The normalized spacial score (nSPS) is 15.7. The topological polar surface area (TPSA) is 67.8 Å². The molecule has 1 saturated heterocycles. The van der Waals surface area contributed by atoms with Crippen LogP contribution in [-0.4, -0.2) is 47.9 Å². The minimum Gasteiger partial charge on any atom is -0.337 e. The summed E-state index contributed by atoms with van der Waals surface area (Å²) in [6.07, 6.45) is 7.52. The molecule has 7 nitrogen and oxygen atoms in total. The summed E-state index contributed by atoms with van der Waals surface area (Å²) in [5, 5.41) is 8.62. The number of amides is 1. The van der Waals surface area contributed by atoms with Gasteiger partial charge in [-0.25, -0.2) is 4.98 Å². The number of carbonyl (C=O) groups excluding carboxylic acids is 1. The van der Waals surface area contributed by atoms with Crippen molar-refractivity contribution in [1.29, 1.82) is 0 Å². The molecule has 27 heavy (non-hydrogen) atoms. The van der Waals surface area contributed by atoms with Gasteiger partial charge in [0.15, 0.2) is 5.65 Å². The van der Waals surface area contributed by atoms with Gasteiger partial charge in [0.25, 0.3) is 5.91 Å². The third kappa shape index (κ3) is 2.75. The second kappa shape index (κ2) is 6.19. The van der Waals surface area contributed by atoms with E-state index >= 15 is 0 Å². The lowest BCUT2D eigenvalue weighted by Crippen LogP contribution is -2.38. The van der Waals surface area contributed by atoms with Gasteiger partial charge in [-0.2, -0.15) is 0 Å². The summed E-state index contributed by atoms with van der Waals surface area (Å²) in [4.78, 5) is 19.3. The molecule has 5 heterocycles. The van der Waals surface area contributed by atoms with Crippen LogP contribution in [0.2, 0.25) is 0 Å². The third-order valence-electron chi connectivity index (χ3n) is 5.32. The zero-order valence-electron chi connectivity index (χ0n) is 15.1. The van der Waals surface area contributed by atoms with Crippen molar-refractivity contribution in [2.45, 2.75) is 25.7 Å². The van der Waals surface area contributed by atoms with Gasteiger partial charge >= 0.3 is 0 Å². The van der Waals surface area contributed by atoms with Crippen LogP contribution < -0.4 is 0 Å². The van der Waals surface area contributed by atoms with Crippen LogP contribution in [0.15, 0.2) is 48.9 Å². The molecular weight excluding hydrogens is 340 g/mol. The van der Waals surface area contributed by atoms with E-state index in [2.05, 4.69) is 15.2 Å². The van der Waals surface area contributed by atoms with Crippen LogP contribution >= 0.6 is 0 Å². The molecule has 5 rings (SSSR count). The van der Waals surface area contributed by atoms with Crippen molar-refractivity contribution >= 4 is 17.2 Å². The number of rotatable bonds is 2. The lowest BCUT2D eigenvalue weighted by molar-refractivity contribution is 0.0705. The first-order chi connectivity index (χ1) is 13.2. The maximum atomic E-state index is 12.9. The van der Waals surface area contributed by atoms with Gasteiger partial charge in [-0.05, 0) is 49.6 Å². The number of aryl methyl sites for hydroxylation is 1. The molecule has 0 radical (unpaired) electrons. The Morgan fingerprint density at radius 2 is 1.93 bits per heavy atom. The van der Waals surface area contributed by atoms with Crippen molar-refractivity contribution in [3.8, 4) is 0 Å². The summed E-state index contributed by atoms with van der Waals surface area (Å²) in [5.74, 6) is 1.30. The van der Waals surface area contributed by atoms with E-state index in [4.69, 9.17) is 0 Å². The van der Waals surface area contributed by atoms with Crippen molar-refractivity contribution in [3.63, 3.8) is 0 Å². The Morgan fingerprint density at radius 1 is 1.07 bits per heavy atom. The minimum absolute atomic E-state index is 0.000837. The summed E-state index contributed by atoms with van der Waals surface area (Å²) in [6.45, 7) is 3.44. The Kier molecular flexibility index (Phi) is 3.67. The molecule has 0 atom stereocenters. The molecule has 0 spiro atoms. The molecule has 7 heteroatoms. The number of carbonyl (C=O) groups is 1. The predicted molar refractivity (Wildman–Crippen MR) is 101 cm³/mol. The lowest BCUT2D eigenvalue weighted by atomic mass is 9.96. The average molecular weight is 360 g/mol. The van der Waals surface area contributed by atoms with Crippen molar-refractivity contribution in [2.75, 3.05) is 13.1 Å². The Labute approximate surface area is 156 Å². The number of aromatic nitrogens is 5. The van der Waals surface area contributed by atoms with Gasteiger partial charge < -0.3 is 9.30 Å². The fraction of sp³-hybridized carbons (Fsp3) is 0.300. The summed E-state index contributed by atoms with van der Waals surface area (Å²) < 4.78 is 3.95. The second-order valence-electron chi connectivity index (χ2n) is 7.15. The van der Waals surface area contributed by atoms with Crippen molar-refractivity contribution in [3.05, 3.63) is 66.0 Å². The van der Waals surface area contributed by atoms with Gasteiger partial charge in [0.2, 0.25) is 0 Å². The molecule has 1 aliphatic rings. The fourth-order valence-electron chi connectivity index (χ4n) is 3.83. The van der Waals surface area contributed by atoms with Crippen LogP contribution in [0.25, 0.3) is 11.3 Å². The number of nitrogens with zero attached hydrogens (tertiary/aromatic N) is 6. The van der Waals surface area contributed by atoms with E-state index in [1.165, 1.54) is 0 Å². The van der Waals surface area contributed by atoms with E-state index in [0.717, 1.165) is 35.5 Å². The fourth-order valence-corrected chi connectivity index (χ4v) is 3.83. The van der Waals surface area contributed by atoms with E-state index in [0.29, 0.717) is 24.7 Å². The molecule has 0 unspecified atom stereocenters. The van der Waals surface area contributed by atoms with Gasteiger partial charge in [0.1, 0.15) is 17.2 Å². The Balaban J connectivity index is 1.32. The zero-order chi connectivity index (χ0) is 18.4. The molecule has 1 aliphatic heterocycles. The van der Waals surface area contributed by atoms with Crippen LogP contribution in [0.1, 0.15) is 40.6 Å². The second-order valence-corrected chi connectivity index (χ2v) is 7.15. The minimum atomic E-state index is 0.000837. The highest BCUT2D eigenvalue weighted by molar-refractivity contribution is 5.93. The van der Waals surface area contributed by atoms with Crippen molar-refractivity contribution in [2.24, 2.45) is 0 Å². The summed E-state index contributed by atoms with van der Waals surface area (Å²) in [6, 6.07) is 9.91. The largest absolute Gasteiger partial charge is 0.337 e. The molecule has 4 aromatic rings. The smallest absolute Gasteiger partial charge is 0.274 e. The number of hydrogen-bond acceptors (Lipinski definition) is 4. The highest BCUT2D eigenvalue weighted by Gasteiger charge is 2.28. The average Bonchev–Trinajstić information content (AvgIpc) is 3.31. The number of pyridine rings is 2. The molecule has 136 valence electrons. The SMILES string of the molecule is Cc1ccn2cc(C(=O)N3CCC(c4nnc5ccccn45)CC3)nc2c1. The van der Waals surface area contributed by atoms with Gasteiger partial charge in [0.05, 0.1) is 0 Å². The highest BCUT2D eigenvalue weighted by Crippen LogP contribution is 2.27. The molecular formula is C20H20N6O. The molecule has 0 saturated carbocycles. The van der Waals surface area contributed by atoms with Crippen LogP contribution in [-0.2, 0) is 0 Å². The standard InChI is InChI=1S/C20H20N6O/c1-14-5-9-25-13-16(21-18(25)12-14)20(27)24-10-6-15(7-11-24)19-23-22-17-4-2-3-8-26(17)19/h2-5,8-9,12-13,15H,6-7,10-11H2,1H3. The van der Waals surface area contributed by atoms with Gasteiger partial charge in [-0.15, -0.1) is 10.2 Å². The van der Waals surface area contributed by atoms with Crippen LogP contribution in [0, 0.1) is 6.92 Å². The molecule has 0 N–H and O–H groups in total. The quantitative estimate of drug-likeness (QED) is 0.551. The van der Waals surface area contributed by atoms with Crippen LogP contribution in [0.5, 0.6) is 0 Å². The molecule has 1 fully saturated rings. The molecule has 4 aromatic heterocycles. The van der Waals surface area contributed by atoms with E-state index in [9.17, 15) is 4.79 Å². The van der Waals surface area contributed by atoms with Crippen LogP contribution in [0.3, 0.4) is 0 Å². The van der Waals surface area contributed by atoms with E-state index < -0.39 is 0 Å². The Bertz CT molecular complexity index is 1140. The van der Waals surface area contributed by atoms with Gasteiger partial charge in [-0.3, -0.25) is 9.20 Å². The number of likely N-dealkylation sites (tertiary alicyclic amines) is 1. The summed E-state index contributed by atoms with van der Waals surface area (Å²) in [5.41, 5.74) is 3.31. The van der Waals surface area contributed by atoms with E-state index in [1.807, 2.05) is 69.5 Å². The Hall–Kier alpha value is -3.22. The van der Waals surface area contributed by atoms with Crippen molar-refractivity contribution in [1.82, 2.24) is 28.9 Å². The lowest BCUT2D eigenvalue weighted by Gasteiger charge is -2.30. The van der Waals surface area contributed by atoms with Gasteiger partial charge in [-0.1, -0.05) is 6.07 Å². The summed E-state index contributed by atoms with van der Waals surface area (Å²) >= 11 is 0. The highest BCUT2D eigenvalue weighted by atomic mass is 16.2. The monoisotopic (exact) mass is 360 g/mol. The number of piperidine rings is 1. The number of imidazole rings is 1. The first-order valence-electron chi connectivity index (χ1n) is 9.23.